The Labute approximate surface area is 114 Å². The van der Waals surface area contributed by atoms with Crippen molar-refractivity contribution in [3.63, 3.8) is 0 Å². The third-order valence-corrected chi connectivity index (χ3v) is 3.94. The van der Waals surface area contributed by atoms with Gasteiger partial charge in [-0.25, -0.2) is 0 Å². The van der Waals surface area contributed by atoms with E-state index in [0.29, 0.717) is 13.0 Å². The van der Waals surface area contributed by atoms with E-state index in [0.717, 1.165) is 11.3 Å². The lowest BCUT2D eigenvalue weighted by Gasteiger charge is -2.25. The van der Waals surface area contributed by atoms with E-state index in [1.807, 2.05) is 36.1 Å². The van der Waals surface area contributed by atoms with Crippen molar-refractivity contribution in [2.24, 2.45) is 5.92 Å². The highest BCUT2D eigenvalue weighted by Gasteiger charge is 2.35. The van der Waals surface area contributed by atoms with Gasteiger partial charge in [0.25, 0.3) is 0 Å². The van der Waals surface area contributed by atoms with Gasteiger partial charge in [-0.1, -0.05) is 12.1 Å². The number of likely N-dealkylation sites (tertiary alicyclic amines) is 1. The Balaban J connectivity index is 2.10. The molecule has 1 aromatic rings. The van der Waals surface area contributed by atoms with Crippen molar-refractivity contribution in [1.82, 2.24) is 4.90 Å². The van der Waals surface area contributed by atoms with Crippen LogP contribution in [0, 0.1) is 5.92 Å². The Morgan fingerprint density at radius 3 is 2.42 bits per heavy atom. The molecule has 104 valence electrons. The number of nitrogens with zero attached hydrogens (tertiary/aromatic N) is 1. The van der Waals surface area contributed by atoms with Crippen LogP contribution in [0.3, 0.4) is 0 Å². The first-order valence-corrected chi connectivity index (χ1v) is 6.64. The first-order valence-electron chi connectivity index (χ1n) is 6.64. The van der Waals surface area contributed by atoms with Crippen molar-refractivity contribution in [2.75, 3.05) is 13.7 Å². The summed E-state index contributed by atoms with van der Waals surface area (Å²) in [7, 11) is 1.63. The third kappa shape index (κ3) is 2.89. The van der Waals surface area contributed by atoms with E-state index in [1.165, 1.54) is 0 Å². The second kappa shape index (κ2) is 5.61. The fourth-order valence-corrected chi connectivity index (χ4v) is 2.52. The van der Waals surface area contributed by atoms with Crippen molar-refractivity contribution >= 4 is 5.91 Å². The second-order valence-corrected chi connectivity index (χ2v) is 5.20. The van der Waals surface area contributed by atoms with Gasteiger partial charge in [0.2, 0.25) is 5.91 Å². The summed E-state index contributed by atoms with van der Waals surface area (Å²) < 4.78 is 5.13. The first kappa shape index (κ1) is 13.9. The number of aliphatic hydroxyl groups excluding tert-OH is 1. The number of ether oxygens (including phenoxy) is 1. The van der Waals surface area contributed by atoms with E-state index < -0.39 is 6.10 Å². The standard InChI is InChI=1S/C15H21NO3/c1-10(12-4-6-14(19-3)7-5-12)16-9-13(11(2)17)8-15(16)18/h4-7,10-11,13,17H,8-9H2,1-3H3/t10-,11?,13?/m0/s1. The Hall–Kier alpha value is -1.55. The number of amides is 1. The van der Waals surface area contributed by atoms with Gasteiger partial charge in [0, 0.05) is 18.9 Å². The van der Waals surface area contributed by atoms with E-state index in [-0.39, 0.29) is 17.9 Å². The lowest BCUT2D eigenvalue weighted by atomic mass is 10.0. The van der Waals surface area contributed by atoms with Gasteiger partial charge in [0.15, 0.2) is 0 Å². The number of hydrogen-bond acceptors (Lipinski definition) is 3. The van der Waals surface area contributed by atoms with Crippen molar-refractivity contribution in [3.05, 3.63) is 29.8 Å². The molecule has 1 saturated heterocycles. The van der Waals surface area contributed by atoms with Crippen LogP contribution in [-0.2, 0) is 4.79 Å². The quantitative estimate of drug-likeness (QED) is 0.903. The Morgan fingerprint density at radius 2 is 1.95 bits per heavy atom. The summed E-state index contributed by atoms with van der Waals surface area (Å²) in [5.41, 5.74) is 1.08. The van der Waals surface area contributed by atoms with E-state index >= 15 is 0 Å². The van der Waals surface area contributed by atoms with E-state index in [1.54, 1.807) is 14.0 Å². The summed E-state index contributed by atoms with van der Waals surface area (Å²) in [5.74, 6) is 0.980. The average Bonchev–Trinajstić information content (AvgIpc) is 2.80. The van der Waals surface area contributed by atoms with Gasteiger partial charge >= 0.3 is 0 Å². The van der Waals surface area contributed by atoms with E-state index in [2.05, 4.69) is 0 Å². The molecular formula is C15H21NO3. The zero-order valence-corrected chi connectivity index (χ0v) is 11.7. The monoisotopic (exact) mass is 263 g/mol. The summed E-state index contributed by atoms with van der Waals surface area (Å²) in [6.07, 6.45) is 0.00930. The molecule has 3 atom stereocenters. The molecule has 4 nitrogen and oxygen atoms in total. The Kier molecular flexibility index (Phi) is 4.10. The average molecular weight is 263 g/mol. The first-order chi connectivity index (χ1) is 9.02. The van der Waals surface area contributed by atoms with Crippen molar-refractivity contribution in [3.8, 4) is 5.75 Å². The maximum Gasteiger partial charge on any atom is 0.223 e. The van der Waals surface area contributed by atoms with Gasteiger partial charge < -0.3 is 14.7 Å². The predicted molar refractivity (Wildman–Crippen MR) is 72.9 cm³/mol. The van der Waals surface area contributed by atoms with Crippen LogP contribution in [0.5, 0.6) is 5.75 Å². The minimum Gasteiger partial charge on any atom is -0.497 e. The van der Waals surface area contributed by atoms with Crippen molar-refractivity contribution in [2.45, 2.75) is 32.4 Å². The van der Waals surface area contributed by atoms with Crippen LogP contribution in [0.4, 0.5) is 0 Å². The number of benzene rings is 1. The molecule has 1 aliphatic rings. The number of carbonyl (C=O) groups is 1. The fourth-order valence-electron chi connectivity index (χ4n) is 2.52. The van der Waals surface area contributed by atoms with Gasteiger partial charge in [-0.05, 0) is 31.5 Å². The Bertz CT molecular complexity index is 441. The van der Waals surface area contributed by atoms with E-state index in [9.17, 15) is 9.90 Å². The van der Waals surface area contributed by atoms with Gasteiger partial charge in [-0.3, -0.25) is 4.79 Å². The number of aliphatic hydroxyl groups is 1. The van der Waals surface area contributed by atoms with Crippen LogP contribution in [-0.4, -0.2) is 35.7 Å². The van der Waals surface area contributed by atoms with Crippen LogP contribution >= 0.6 is 0 Å². The number of rotatable bonds is 4. The summed E-state index contributed by atoms with van der Waals surface area (Å²) in [4.78, 5) is 13.9. The zero-order chi connectivity index (χ0) is 14.0. The van der Waals surface area contributed by atoms with E-state index in [4.69, 9.17) is 4.74 Å². The minimum atomic E-state index is -0.433. The zero-order valence-electron chi connectivity index (χ0n) is 11.7. The molecule has 0 radical (unpaired) electrons. The van der Waals surface area contributed by atoms with Crippen molar-refractivity contribution in [1.29, 1.82) is 0 Å². The van der Waals surface area contributed by atoms with Crippen LogP contribution in [0.25, 0.3) is 0 Å². The highest BCUT2D eigenvalue weighted by molar-refractivity contribution is 5.79. The van der Waals surface area contributed by atoms with Crippen LogP contribution in [0.1, 0.15) is 31.9 Å². The van der Waals surface area contributed by atoms with Crippen molar-refractivity contribution < 1.29 is 14.6 Å². The molecule has 0 spiro atoms. The molecule has 2 unspecified atom stereocenters. The highest BCUT2D eigenvalue weighted by Crippen LogP contribution is 2.30. The molecule has 19 heavy (non-hydrogen) atoms. The lowest BCUT2D eigenvalue weighted by Crippen LogP contribution is -2.29. The molecule has 2 rings (SSSR count). The topological polar surface area (TPSA) is 49.8 Å². The molecule has 1 fully saturated rings. The second-order valence-electron chi connectivity index (χ2n) is 5.20. The minimum absolute atomic E-state index is 0.0298. The smallest absolute Gasteiger partial charge is 0.223 e. The molecule has 0 aliphatic carbocycles. The van der Waals surface area contributed by atoms with Crippen LogP contribution in [0.2, 0.25) is 0 Å². The van der Waals surface area contributed by atoms with Gasteiger partial charge in [-0.15, -0.1) is 0 Å². The molecule has 1 heterocycles. The van der Waals surface area contributed by atoms with Gasteiger partial charge in [-0.2, -0.15) is 0 Å². The molecule has 4 heteroatoms. The lowest BCUT2D eigenvalue weighted by molar-refractivity contribution is -0.129. The van der Waals surface area contributed by atoms with Crippen LogP contribution in [0.15, 0.2) is 24.3 Å². The fraction of sp³-hybridized carbons (Fsp3) is 0.533. The summed E-state index contributed by atoms with van der Waals surface area (Å²) in [6.45, 7) is 4.40. The SMILES string of the molecule is COc1ccc([C@H](C)N2CC(C(C)O)CC2=O)cc1. The molecule has 1 aliphatic heterocycles. The molecule has 1 N–H and O–H groups in total. The number of methoxy groups -OCH3 is 1. The largest absolute Gasteiger partial charge is 0.497 e. The third-order valence-electron chi connectivity index (χ3n) is 3.94. The molecule has 1 amide bonds. The predicted octanol–water partition coefficient (Wildman–Crippen LogP) is 1.99. The molecular weight excluding hydrogens is 242 g/mol. The summed E-state index contributed by atoms with van der Waals surface area (Å²) in [6, 6.07) is 7.79. The molecule has 0 bridgehead atoms. The highest BCUT2D eigenvalue weighted by atomic mass is 16.5. The Morgan fingerprint density at radius 1 is 1.32 bits per heavy atom. The molecule has 0 aromatic heterocycles. The maximum absolute atomic E-state index is 12.0. The van der Waals surface area contributed by atoms with Gasteiger partial charge in [0.1, 0.15) is 5.75 Å². The number of carbonyl (C=O) groups excluding carboxylic acids is 1. The summed E-state index contributed by atoms with van der Waals surface area (Å²) >= 11 is 0. The molecule has 1 aromatic carbocycles. The molecule has 0 saturated carbocycles. The normalized spacial score (nSPS) is 22.4. The number of hydrogen-bond donors (Lipinski definition) is 1. The maximum atomic E-state index is 12.0. The summed E-state index contributed by atoms with van der Waals surface area (Å²) in [5, 5.41) is 9.61. The van der Waals surface area contributed by atoms with Crippen LogP contribution < -0.4 is 4.74 Å². The van der Waals surface area contributed by atoms with Gasteiger partial charge in [0.05, 0.1) is 19.3 Å².